The molecule has 7 heteroatoms. The van der Waals surface area contributed by atoms with Crippen molar-refractivity contribution in [3.63, 3.8) is 0 Å². The van der Waals surface area contributed by atoms with Crippen LogP contribution in [0.5, 0.6) is 5.75 Å². The Morgan fingerprint density at radius 3 is 2.52 bits per heavy atom. The summed E-state index contributed by atoms with van der Waals surface area (Å²) in [6.45, 7) is 0. The summed E-state index contributed by atoms with van der Waals surface area (Å²) < 4.78 is 5.72. The van der Waals surface area contributed by atoms with E-state index in [9.17, 15) is 19.8 Å². The lowest BCUT2D eigenvalue weighted by molar-refractivity contribution is -0.131. The van der Waals surface area contributed by atoms with Crippen LogP contribution in [-0.4, -0.2) is 32.8 Å². The van der Waals surface area contributed by atoms with Crippen LogP contribution >= 0.6 is 11.6 Å². The molecule has 158 valence electrons. The number of carbonyl (C=O) groups is 2. The van der Waals surface area contributed by atoms with Crippen LogP contribution in [0.2, 0.25) is 5.02 Å². The van der Waals surface area contributed by atoms with Crippen LogP contribution in [0, 0.1) is 0 Å². The van der Waals surface area contributed by atoms with Crippen molar-refractivity contribution in [2.24, 2.45) is 0 Å². The standard InChI is InChI=1S/C24H20ClNO5/c25-16-11-14(9-10-17(16)27)21-20(23(29)24(30)26(21)15-6-2-3-7-15)22(28)19-12-13-5-1-4-8-18(13)31-19/h1,4-5,8-12,15,21,27,29H,2-3,6-7H2. The van der Waals surface area contributed by atoms with Crippen LogP contribution < -0.4 is 0 Å². The highest BCUT2D eigenvalue weighted by Crippen LogP contribution is 2.44. The molecule has 2 aliphatic rings. The van der Waals surface area contributed by atoms with Gasteiger partial charge in [-0.3, -0.25) is 9.59 Å². The van der Waals surface area contributed by atoms with Gasteiger partial charge in [0.2, 0.25) is 5.78 Å². The average molecular weight is 438 g/mol. The van der Waals surface area contributed by atoms with Gasteiger partial charge < -0.3 is 19.5 Å². The average Bonchev–Trinajstić information content (AvgIpc) is 3.48. The molecule has 0 saturated heterocycles. The first-order valence-electron chi connectivity index (χ1n) is 10.2. The fraction of sp³-hybridized carbons (Fsp3) is 0.250. The van der Waals surface area contributed by atoms with Crippen LogP contribution in [-0.2, 0) is 4.79 Å². The predicted octanol–water partition coefficient (Wildman–Crippen LogP) is 5.31. The molecule has 2 aromatic carbocycles. The minimum absolute atomic E-state index is 0.0299. The van der Waals surface area contributed by atoms with Gasteiger partial charge in [-0.1, -0.05) is 48.7 Å². The Balaban J connectivity index is 1.64. The highest BCUT2D eigenvalue weighted by molar-refractivity contribution is 6.32. The number of aliphatic hydroxyl groups excluding tert-OH is 1. The van der Waals surface area contributed by atoms with E-state index in [0.717, 1.165) is 31.1 Å². The number of carbonyl (C=O) groups excluding carboxylic acids is 2. The Morgan fingerprint density at radius 1 is 1.06 bits per heavy atom. The molecule has 3 aromatic rings. The van der Waals surface area contributed by atoms with Gasteiger partial charge in [0, 0.05) is 11.4 Å². The van der Waals surface area contributed by atoms with E-state index in [1.165, 1.54) is 12.1 Å². The number of para-hydroxylation sites is 1. The number of fused-ring (bicyclic) bond motifs is 1. The second-order valence-electron chi connectivity index (χ2n) is 8.00. The second kappa shape index (κ2) is 7.46. The van der Waals surface area contributed by atoms with Crippen LogP contribution in [0.1, 0.15) is 47.8 Å². The van der Waals surface area contributed by atoms with Gasteiger partial charge in [0.25, 0.3) is 5.91 Å². The van der Waals surface area contributed by atoms with E-state index in [-0.39, 0.29) is 28.1 Å². The summed E-state index contributed by atoms with van der Waals surface area (Å²) in [7, 11) is 0. The Kier molecular flexibility index (Phi) is 4.74. The maximum atomic E-state index is 13.5. The first-order chi connectivity index (χ1) is 15.0. The maximum Gasteiger partial charge on any atom is 0.290 e. The van der Waals surface area contributed by atoms with Crippen molar-refractivity contribution < 1.29 is 24.2 Å². The van der Waals surface area contributed by atoms with Crippen molar-refractivity contribution in [1.29, 1.82) is 0 Å². The van der Waals surface area contributed by atoms with Crippen LogP contribution in [0.25, 0.3) is 11.0 Å². The van der Waals surface area contributed by atoms with Gasteiger partial charge in [0.05, 0.1) is 16.6 Å². The van der Waals surface area contributed by atoms with Gasteiger partial charge in [0.15, 0.2) is 11.5 Å². The summed E-state index contributed by atoms with van der Waals surface area (Å²) in [4.78, 5) is 28.2. The largest absolute Gasteiger partial charge is 0.506 e. The van der Waals surface area contributed by atoms with Gasteiger partial charge in [0.1, 0.15) is 11.3 Å². The molecule has 6 nitrogen and oxygen atoms in total. The molecular formula is C24H20ClNO5. The maximum absolute atomic E-state index is 13.5. The monoisotopic (exact) mass is 437 g/mol. The molecule has 5 rings (SSSR count). The number of Topliss-reactive ketones (excluding diaryl/α,β-unsaturated/α-hetero) is 1. The molecule has 31 heavy (non-hydrogen) atoms. The number of aliphatic hydroxyl groups is 1. The zero-order valence-corrected chi connectivity index (χ0v) is 17.3. The Morgan fingerprint density at radius 2 is 1.81 bits per heavy atom. The third kappa shape index (κ3) is 3.18. The number of furan rings is 1. The molecule has 0 radical (unpaired) electrons. The number of hydrogen-bond donors (Lipinski definition) is 2. The molecule has 1 unspecified atom stereocenters. The van der Waals surface area contributed by atoms with Crippen molar-refractivity contribution in [3.8, 4) is 5.75 Å². The number of amides is 1. The lowest BCUT2D eigenvalue weighted by Crippen LogP contribution is -2.38. The summed E-state index contributed by atoms with van der Waals surface area (Å²) in [6.07, 6.45) is 3.55. The fourth-order valence-corrected chi connectivity index (χ4v) is 4.85. The molecule has 2 heterocycles. The predicted molar refractivity (Wildman–Crippen MR) is 115 cm³/mol. The van der Waals surface area contributed by atoms with Gasteiger partial charge in [-0.25, -0.2) is 0 Å². The van der Waals surface area contributed by atoms with Crippen molar-refractivity contribution in [2.75, 3.05) is 0 Å². The topological polar surface area (TPSA) is 91.0 Å². The van der Waals surface area contributed by atoms with Crippen molar-refractivity contribution in [2.45, 2.75) is 37.8 Å². The minimum atomic E-state index is -0.811. The highest BCUT2D eigenvalue weighted by atomic mass is 35.5. The van der Waals surface area contributed by atoms with Crippen molar-refractivity contribution >= 4 is 34.3 Å². The van der Waals surface area contributed by atoms with Gasteiger partial charge in [-0.05, 0) is 42.7 Å². The van der Waals surface area contributed by atoms with E-state index >= 15 is 0 Å². The number of phenols is 1. The second-order valence-corrected chi connectivity index (χ2v) is 8.41. The SMILES string of the molecule is O=C(C1=C(O)C(=O)N(C2CCCC2)C1c1ccc(O)c(Cl)c1)c1cc2ccccc2o1. The van der Waals surface area contributed by atoms with Crippen molar-refractivity contribution in [1.82, 2.24) is 4.90 Å². The lowest BCUT2D eigenvalue weighted by atomic mass is 9.94. The molecule has 1 atom stereocenters. The van der Waals surface area contributed by atoms with Gasteiger partial charge >= 0.3 is 0 Å². The summed E-state index contributed by atoms with van der Waals surface area (Å²) in [5.74, 6) is -1.72. The Bertz CT molecular complexity index is 1200. The van der Waals surface area contributed by atoms with E-state index in [1.807, 2.05) is 12.1 Å². The number of phenolic OH excluding ortho intramolecular Hbond substituents is 1. The van der Waals surface area contributed by atoms with E-state index in [1.54, 1.807) is 29.2 Å². The number of aromatic hydroxyl groups is 1. The summed E-state index contributed by atoms with van der Waals surface area (Å²) in [6, 6.07) is 12.5. The molecular weight excluding hydrogens is 418 g/mol. The first kappa shape index (κ1) is 19.7. The van der Waals surface area contributed by atoms with Gasteiger partial charge in [-0.15, -0.1) is 0 Å². The molecule has 1 saturated carbocycles. The molecule has 1 aliphatic carbocycles. The zero-order chi connectivity index (χ0) is 21.7. The zero-order valence-electron chi connectivity index (χ0n) is 16.5. The summed E-state index contributed by atoms with van der Waals surface area (Å²) >= 11 is 6.13. The molecule has 1 fully saturated rings. The highest BCUT2D eigenvalue weighted by Gasteiger charge is 2.47. The summed E-state index contributed by atoms with van der Waals surface area (Å²) in [5, 5.41) is 21.5. The van der Waals surface area contributed by atoms with E-state index < -0.39 is 23.5 Å². The van der Waals surface area contributed by atoms with Crippen LogP contribution in [0.3, 0.4) is 0 Å². The first-order valence-corrected chi connectivity index (χ1v) is 10.6. The number of rotatable bonds is 4. The molecule has 2 N–H and O–H groups in total. The Hall–Kier alpha value is -3.25. The molecule has 1 aliphatic heterocycles. The van der Waals surface area contributed by atoms with E-state index in [0.29, 0.717) is 11.1 Å². The quantitative estimate of drug-likeness (QED) is 0.539. The van der Waals surface area contributed by atoms with Crippen LogP contribution in [0.4, 0.5) is 0 Å². The number of ketones is 1. The minimum Gasteiger partial charge on any atom is -0.506 e. The normalized spacial score (nSPS) is 19.7. The van der Waals surface area contributed by atoms with Gasteiger partial charge in [-0.2, -0.15) is 0 Å². The summed E-state index contributed by atoms with van der Waals surface area (Å²) in [5.41, 5.74) is 1.07. The Labute approximate surface area is 183 Å². The number of halogens is 1. The third-order valence-corrected chi connectivity index (χ3v) is 6.45. The molecule has 1 amide bonds. The smallest absolute Gasteiger partial charge is 0.290 e. The van der Waals surface area contributed by atoms with Crippen molar-refractivity contribution in [3.05, 3.63) is 76.2 Å². The van der Waals surface area contributed by atoms with E-state index in [2.05, 4.69) is 0 Å². The number of hydrogen-bond acceptors (Lipinski definition) is 5. The number of nitrogens with zero attached hydrogens (tertiary/aromatic N) is 1. The number of benzene rings is 2. The third-order valence-electron chi connectivity index (χ3n) is 6.14. The molecule has 0 bridgehead atoms. The van der Waals surface area contributed by atoms with E-state index in [4.69, 9.17) is 16.0 Å². The lowest BCUT2D eigenvalue weighted by Gasteiger charge is -2.32. The fourth-order valence-electron chi connectivity index (χ4n) is 4.66. The van der Waals surface area contributed by atoms with Crippen LogP contribution in [0.15, 0.2) is 64.3 Å². The molecule has 0 spiro atoms. The molecule has 1 aromatic heterocycles.